The molecule has 5 aromatic rings. The molecule has 3 aromatic carbocycles. The average molecular weight is 1600 g/mol. The zero-order valence-electron chi connectivity index (χ0n) is 66.4. The van der Waals surface area contributed by atoms with Crippen molar-refractivity contribution in [3.63, 3.8) is 0 Å². The lowest BCUT2D eigenvalue weighted by molar-refractivity contribution is -0.153. The number of aromatic hydroxyl groups is 1. The van der Waals surface area contributed by atoms with Crippen molar-refractivity contribution in [2.75, 3.05) is 39.3 Å². The highest BCUT2D eigenvalue weighted by atomic mass is 16.5. The number of carbonyl (C=O) groups is 15. The molecule has 628 valence electrons. The van der Waals surface area contributed by atoms with Gasteiger partial charge in [-0.3, -0.25) is 71.9 Å². The predicted octanol–water partition coefficient (Wildman–Crippen LogP) is 1.77. The Morgan fingerprint density at radius 1 is 0.539 bits per heavy atom. The van der Waals surface area contributed by atoms with Crippen LogP contribution in [0.15, 0.2) is 85.2 Å². The Kier molecular flexibility index (Phi) is 38.7. The fourth-order valence-electron chi connectivity index (χ4n) is 13.8. The Morgan fingerprint density at radius 3 is 1.68 bits per heavy atom. The largest absolute Gasteiger partial charge is 0.508 e. The van der Waals surface area contributed by atoms with Gasteiger partial charge in [-0.2, -0.15) is 0 Å². The number of para-hydroxylation sites is 2. The maximum absolute atomic E-state index is 15.1. The van der Waals surface area contributed by atoms with Crippen molar-refractivity contribution in [2.45, 2.75) is 218 Å². The molecule has 0 radical (unpaired) electrons. The number of esters is 1. The number of aromatic nitrogens is 2. The number of aliphatic hydroxyl groups is 1. The number of phenols is 1. The van der Waals surface area contributed by atoms with E-state index in [4.69, 9.17) is 27.7 Å². The molecule has 0 aliphatic carbocycles. The predicted molar refractivity (Wildman–Crippen MR) is 428 cm³/mol. The molecular weight excluding hydrogens is 1480 g/mol. The van der Waals surface area contributed by atoms with E-state index < -0.39 is 218 Å². The third kappa shape index (κ3) is 30.5. The van der Waals surface area contributed by atoms with E-state index in [-0.39, 0.29) is 96.0 Å². The SMILES string of the molecule is CC[C@H](C)[C@@H]1NC(=O)[C@@H](NC(=O)[C@@H](CC(=O)[C@@H](CCCN)NC(=O)CCC(=O)[C@H](CCCN)NC(=O)[C@@H](CCCN)CC(=O)[C@@H](Cc2c[nH]c3ccccc23)NC(=O)[C@H](CC(=O)[C@@H](CO)NC(=O)CCCCCC(C)C)Cc2ccc(O)cc2)Cc2c[nH]c3ccccc23)[C@H](C)OC(=O)CNC(=O)CNC(=O)[C@H](CC(N)=O)NC1=O. The maximum Gasteiger partial charge on any atom is 0.325 e. The maximum atomic E-state index is 15.1. The van der Waals surface area contributed by atoms with Crippen LogP contribution in [-0.2, 0) is 95.9 Å². The Bertz CT molecular complexity index is 4140. The van der Waals surface area contributed by atoms with E-state index in [0.717, 1.165) is 30.2 Å². The number of primary amides is 1. The number of Topliss-reactive ketones (excluding diaryl/α,β-unsaturated/α-hetero) is 4. The van der Waals surface area contributed by atoms with Crippen LogP contribution in [0.5, 0.6) is 5.75 Å². The number of unbranched alkanes of at least 4 members (excludes halogenated alkanes) is 2. The molecule has 33 nitrogen and oxygen atoms in total. The molecule has 115 heavy (non-hydrogen) atoms. The average Bonchev–Trinajstić information content (AvgIpc) is 1.75. The third-order valence-electron chi connectivity index (χ3n) is 20.6. The summed E-state index contributed by atoms with van der Waals surface area (Å²) in [5, 5.41) is 45.3. The van der Waals surface area contributed by atoms with Crippen LogP contribution in [0, 0.1) is 29.6 Å². The monoisotopic (exact) mass is 1600 g/mol. The van der Waals surface area contributed by atoms with Gasteiger partial charge in [0.15, 0.2) is 23.1 Å². The quantitative estimate of drug-likeness (QED) is 0.0195. The van der Waals surface area contributed by atoms with Gasteiger partial charge in [-0.25, -0.2) is 0 Å². The molecule has 3 heterocycles. The Hall–Kier alpha value is -10.8. The van der Waals surface area contributed by atoms with Crippen LogP contribution >= 0.6 is 0 Å². The fraction of sp³-hybridized carbons (Fsp3) is 0.549. The molecule has 0 unspecified atom stereocenters. The van der Waals surface area contributed by atoms with Gasteiger partial charge in [0.1, 0.15) is 42.6 Å². The molecule has 33 heteroatoms. The number of aromatic amines is 2. The number of ether oxygens (including phenoxy) is 1. The first-order valence-corrected chi connectivity index (χ1v) is 39.8. The van der Waals surface area contributed by atoms with Crippen LogP contribution in [0.2, 0.25) is 0 Å². The molecule has 2 aromatic heterocycles. The van der Waals surface area contributed by atoms with Gasteiger partial charge in [0, 0.05) is 96.9 Å². The van der Waals surface area contributed by atoms with Crippen LogP contribution in [0.25, 0.3) is 21.8 Å². The summed E-state index contributed by atoms with van der Waals surface area (Å²) in [6.45, 7) is 6.83. The topological polar surface area (TPSA) is 550 Å². The van der Waals surface area contributed by atoms with E-state index in [1.807, 2.05) is 18.2 Å². The van der Waals surface area contributed by atoms with E-state index >= 15 is 9.59 Å². The normalized spacial score (nSPS) is 17.8. The summed E-state index contributed by atoms with van der Waals surface area (Å²) >= 11 is 0. The number of hydrogen-bond donors (Lipinski definition) is 17. The number of nitrogens with one attached hydrogen (secondary N) is 11. The summed E-state index contributed by atoms with van der Waals surface area (Å²) in [7, 11) is 0. The second kappa shape index (κ2) is 47.8. The minimum absolute atomic E-state index is 0.00597. The van der Waals surface area contributed by atoms with Gasteiger partial charge in [-0.15, -0.1) is 0 Å². The molecule has 0 spiro atoms. The number of nitrogens with two attached hydrogens (primary N) is 4. The van der Waals surface area contributed by atoms with Crippen molar-refractivity contribution < 1.29 is 86.9 Å². The van der Waals surface area contributed by atoms with E-state index in [9.17, 15) is 72.5 Å². The lowest BCUT2D eigenvalue weighted by Crippen LogP contribution is -2.61. The lowest BCUT2D eigenvalue weighted by atomic mass is 9.88. The Morgan fingerprint density at radius 2 is 1.08 bits per heavy atom. The van der Waals surface area contributed by atoms with Crippen LogP contribution < -0.4 is 70.8 Å². The number of fused-ring (bicyclic) bond motifs is 2. The van der Waals surface area contributed by atoms with Gasteiger partial charge in [0.05, 0.1) is 37.7 Å². The van der Waals surface area contributed by atoms with Crippen LogP contribution in [0.3, 0.4) is 0 Å². The zero-order chi connectivity index (χ0) is 84.3. The van der Waals surface area contributed by atoms with Crippen LogP contribution in [0.4, 0.5) is 0 Å². The minimum atomic E-state index is -1.81. The number of phenolic OH excluding ortho intramolecular Hbond substituents is 1. The lowest BCUT2D eigenvalue weighted by Gasteiger charge is -2.31. The summed E-state index contributed by atoms with van der Waals surface area (Å²) in [5.74, 6) is -15.9. The molecule has 1 saturated heterocycles. The number of amides is 10. The number of carbonyl (C=O) groups excluding carboxylic acids is 15. The summed E-state index contributed by atoms with van der Waals surface area (Å²) in [4.78, 5) is 217. The van der Waals surface area contributed by atoms with Gasteiger partial charge in [-0.1, -0.05) is 102 Å². The highest BCUT2D eigenvalue weighted by molar-refractivity contribution is 6.01. The second-order valence-corrected chi connectivity index (χ2v) is 30.2. The van der Waals surface area contributed by atoms with Gasteiger partial charge < -0.3 is 95.7 Å². The smallest absolute Gasteiger partial charge is 0.325 e. The summed E-state index contributed by atoms with van der Waals surface area (Å²) in [5.41, 5.74) is 26.5. The van der Waals surface area contributed by atoms with Gasteiger partial charge in [-0.05, 0) is 137 Å². The van der Waals surface area contributed by atoms with Crippen LogP contribution in [0.1, 0.15) is 167 Å². The Balaban J connectivity index is 1.22. The number of rotatable bonds is 47. The van der Waals surface area contributed by atoms with Gasteiger partial charge in [0.25, 0.3) is 0 Å². The molecule has 1 fully saturated rings. The molecule has 0 saturated carbocycles. The van der Waals surface area contributed by atoms with Crippen molar-refractivity contribution in [3.05, 3.63) is 102 Å². The highest BCUT2D eigenvalue weighted by Gasteiger charge is 2.40. The van der Waals surface area contributed by atoms with Crippen molar-refractivity contribution in [1.82, 2.24) is 57.8 Å². The van der Waals surface area contributed by atoms with Crippen molar-refractivity contribution in [3.8, 4) is 5.75 Å². The second-order valence-electron chi connectivity index (χ2n) is 30.2. The Labute approximate surface area is 669 Å². The number of hydrogen-bond acceptors (Lipinski definition) is 21. The first kappa shape index (κ1) is 93.1. The van der Waals surface area contributed by atoms with Gasteiger partial charge >= 0.3 is 5.97 Å². The number of H-pyrrole nitrogens is 2. The first-order chi connectivity index (χ1) is 54.9. The van der Waals surface area contributed by atoms with Crippen LogP contribution in [-0.4, -0.2) is 196 Å². The summed E-state index contributed by atoms with van der Waals surface area (Å²) in [6.07, 6.45) is 2.55. The van der Waals surface area contributed by atoms with E-state index in [2.05, 4.69) is 71.7 Å². The molecule has 1 aliphatic heterocycles. The molecule has 12 atom stereocenters. The van der Waals surface area contributed by atoms with E-state index in [0.29, 0.717) is 39.9 Å². The van der Waals surface area contributed by atoms with E-state index in [1.165, 1.54) is 19.1 Å². The highest BCUT2D eigenvalue weighted by Crippen LogP contribution is 2.27. The summed E-state index contributed by atoms with van der Waals surface area (Å²) < 4.78 is 5.59. The molecule has 10 amide bonds. The number of ketones is 4. The zero-order valence-corrected chi connectivity index (χ0v) is 66.4. The fourth-order valence-corrected chi connectivity index (χ4v) is 13.8. The van der Waals surface area contributed by atoms with E-state index in [1.54, 1.807) is 68.7 Å². The van der Waals surface area contributed by atoms with Crippen molar-refractivity contribution in [2.24, 2.45) is 52.5 Å². The van der Waals surface area contributed by atoms with Gasteiger partial charge in [0.2, 0.25) is 59.1 Å². The molecule has 6 rings (SSSR count). The number of benzene rings is 3. The summed E-state index contributed by atoms with van der Waals surface area (Å²) in [6, 6.07) is 10.2. The third-order valence-corrected chi connectivity index (χ3v) is 20.6. The van der Waals surface area contributed by atoms with Crippen molar-refractivity contribution in [1.29, 1.82) is 0 Å². The molecule has 1 aliphatic rings. The molecule has 0 bridgehead atoms. The molecule has 21 N–H and O–H groups in total. The number of aliphatic hydroxyl groups excluding tert-OH is 1. The standard InChI is InChI=1S/C82H117N15O18/c1-6-48(4)75-81(113)95-64(41-70(86)104)80(112)90-44-73(107)89-45-74(108)115-49(5)76(82(114)96-75)97-79(111)53(36-54-42-87-59-21-12-10-19-57(54)59)40-67(101)62(24-16-34-85)91-72(106)31-30-66(100)61(23-15-33-84)93-77(109)51(18-14-32-83)38-68(102)63(37-55-43-88-60-22-13-11-20-58(55)60)94-78(110)52(35-50-26-28-56(99)29-27-50)39-69(103)65(46-98)92-71(105)25-9-7-8-17-47(2)3/h10-13,19-22,26-29,42-43,47-49,51-53,61-65,75-76,87-88,98-99H,6-9,14-18,23-25,30-41,44-46,83-85H2,1-5H3,(H2,86,104)(H,89,107)(H,90,112)(H,91,106)(H,92,105)(H,93,109)(H,94,110)(H,95,113)(H,96,114)(H,97,111)/t48-,49-,51-,52-,53+,61-,62+,63+,64-,65+,75-,76-/m0/s1. The van der Waals surface area contributed by atoms with Crippen molar-refractivity contribution >= 4 is 110 Å². The first-order valence-electron chi connectivity index (χ1n) is 39.8. The molecular formula is C82H117N15O18. The number of cyclic esters (lactones) is 1. The minimum Gasteiger partial charge on any atom is -0.508 e.